The Morgan fingerprint density at radius 2 is 2.10 bits per heavy atom. The number of para-hydroxylation sites is 2. The van der Waals surface area contributed by atoms with Crippen LogP contribution in [-0.4, -0.2) is 76.6 Å². The number of aliphatic hydroxyl groups is 1. The summed E-state index contributed by atoms with van der Waals surface area (Å²) in [7, 11) is 1.94. The van der Waals surface area contributed by atoms with Crippen molar-refractivity contribution in [2.24, 2.45) is 7.05 Å². The minimum atomic E-state index is -0.564. The summed E-state index contributed by atoms with van der Waals surface area (Å²) >= 11 is 0. The molecular weight excluding hydrogens is 372 g/mol. The fraction of sp³-hybridized carbons (Fsp3) is 0.619. The average Bonchev–Trinajstić information content (AvgIpc) is 3.06. The molecule has 2 N–H and O–H groups in total. The van der Waals surface area contributed by atoms with E-state index in [9.17, 15) is 9.90 Å². The van der Waals surface area contributed by atoms with Gasteiger partial charge in [-0.25, -0.2) is 4.98 Å². The molecule has 1 aliphatic heterocycles. The third-order valence-electron chi connectivity index (χ3n) is 6.03. The second-order valence-electron chi connectivity index (χ2n) is 7.88. The minimum absolute atomic E-state index is 0.0470. The zero-order valence-corrected chi connectivity index (χ0v) is 16.9. The van der Waals surface area contributed by atoms with Crippen molar-refractivity contribution >= 4 is 16.9 Å². The number of ether oxygens (including phenoxy) is 2. The SMILES string of the molecule is Cn1c(COCC(=O)N[C@@H]2CCC[C@@H](N3CCOCC3)[C@@H]2O)nc2ccccc21. The number of hydrogen-bond acceptors (Lipinski definition) is 6. The van der Waals surface area contributed by atoms with Gasteiger partial charge in [0.25, 0.3) is 0 Å². The normalized spacial score (nSPS) is 25.9. The topological polar surface area (TPSA) is 88.9 Å². The number of nitrogens with one attached hydrogen (secondary N) is 1. The highest BCUT2D eigenvalue weighted by Gasteiger charge is 2.36. The third kappa shape index (κ3) is 4.61. The molecule has 4 rings (SSSR count). The minimum Gasteiger partial charge on any atom is -0.389 e. The fourth-order valence-corrected chi connectivity index (χ4v) is 4.43. The van der Waals surface area contributed by atoms with Crippen LogP contribution in [0, 0.1) is 0 Å². The highest BCUT2D eigenvalue weighted by atomic mass is 16.5. The largest absolute Gasteiger partial charge is 0.389 e. The van der Waals surface area contributed by atoms with Gasteiger partial charge < -0.3 is 24.5 Å². The van der Waals surface area contributed by atoms with Crippen LogP contribution in [0.1, 0.15) is 25.1 Å². The Morgan fingerprint density at radius 1 is 1.31 bits per heavy atom. The van der Waals surface area contributed by atoms with E-state index < -0.39 is 6.10 Å². The molecular formula is C21H30N4O4. The Hall–Kier alpha value is -2.00. The smallest absolute Gasteiger partial charge is 0.246 e. The molecule has 8 nitrogen and oxygen atoms in total. The van der Waals surface area contributed by atoms with Crippen LogP contribution in [0.25, 0.3) is 11.0 Å². The number of aromatic nitrogens is 2. The first-order valence-electron chi connectivity index (χ1n) is 10.4. The zero-order chi connectivity index (χ0) is 20.2. The van der Waals surface area contributed by atoms with Gasteiger partial charge in [-0.2, -0.15) is 0 Å². The summed E-state index contributed by atoms with van der Waals surface area (Å²) in [6, 6.07) is 7.74. The Bertz CT molecular complexity index is 833. The summed E-state index contributed by atoms with van der Waals surface area (Å²) in [6.07, 6.45) is 2.17. The maximum atomic E-state index is 12.4. The van der Waals surface area contributed by atoms with Crippen molar-refractivity contribution in [3.05, 3.63) is 30.1 Å². The molecule has 158 valence electrons. The van der Waals surface area contributed by atoms with Gasteiger partial charge in [0.05, 0.1) is 36.4 Å². The molecule has 1 saturated heterocycles. The van der Waals surface area contributed by atoms with Crippen LogP contribution in [0.2, 0.25) is 0 Å². The number of nitrogens with zero attached hydrogens (tertiary/aromatic N) is 3. The lowest BCUT2D eigenvalue weighted by Gasteiger charge is -2.42. The van der Waals surface area contributed by atoms with Crippen molar-refractivity contribution in [2.75, 3.05) is 32.9 Å². The lowest BCUT2D eigenvalue weighted by molar-refractivity contribution is -0.129. The number of aryl methyl sites for hydroxylation is 1. The van der Waals surface area contributed by atoms with Gasteiger partial charge in [-0.05, 0) is 31.4 Å². The van der Waals surface area contributed by atoms with Crippen molar-refractivity contribution in [3.8, 4) is 0 Å². The number of hydrogen-bond donors (Lipinski definition) is 2. The standard InChI is InChI=1S/C21H30N4O4/c1-24-17-7-3-2-5-15(17)22-19(24)13-29-14-20(26)23-16-6-4-8-18(21(16)27)25-9-11-28-12-10-25/h2-3,5,7,16,18,21,27H,4,6,8-14H2,1H3,(H,23,26)/t16-,18-,21-/m1/s1. The van der Waals surface area contributed by atoms with E-state index >= 15 is 0 Å². The molecule has 0 spiro atoms. The van der Waals surface area contributed by atoms with Crippen LogP contribution in [0.4, 0.5) is 0 Å². The fourth-order valence-electron chi connectivity index (χ4n) is 4.43. The number of benzene rings is 1. The lowest BCUT2D eigenvalue weighted by atomic mass is 9.87. The number of aliphatic hydroxyl groups excluding tert-OH is 1. The number of imidazole rings is 1. The second-order valence-corrected chi connectivity index (χ2v) is 7.88. The summed E-state index contributed by atoms with van der Waals surface area (Å²) in [4.78, 5) is 19.2. The molecule has 1 amide bonds. The molecule has 2 heterocycles. The Morgan fingerprint density at radius 3 is 2.90 bits per heavy atom. The highest BCUT2D eigenvalue weighted by molar-refractivity contribution is 5.77. The number of fused-ring (bicyclic) bond motifs is 1. The summed E-state index contributed by atoms with van der Waals surface area (Å²) in [5.41, 5.74) is 1.95. The maximum Gasteiger partial charge on any atom is 0.246 e. The van der Waals surface area contributed by atoms with E-state index in [-0.39, 0.29) is 31.2 Å². The van der Waals surface area contributed by atoms with E-state index in [0.29, 0.717) is 13.2 Å². The van der Waals surface area contributed by atoms with Gasteiger partial charge in [0.15, 0.2) is 0 Å². The third-order valence-corrected chi connectivity index (χ3v) is 6.03. The summed E-state index contributed by atoms with van der Waals surface area (Å²) in [6.45, 7) is 3.30. The van der Waals surface area contributed by atoms with Crippen molar-refractivity contribution in [3.63, 3.8) is 0 Å². The molecule has 8 heteroatoms. The van der Waals surface area contributed by atoms with Crippen LogP contribution >= 0.6 is 0 Å². The van der Waals surface area contributed by atoms with E-state index in [2.05, 4.69) is 15.2 Å². The quantitative estimate of drug-likeness (QED) is 0.744. The van der Waals surface area contributed by atoms with Crippen molar-refractivity contribution in [2.45, 2.75) is 44.1 Å². The highest BCUT2D eigenvalue weighted by Crippen LogP contribution is 2.24. The van der Waals surface area contributed by atoms with E-state index in [4.69, 9.17) is 9.47 Å². The Kier molecular flexibility index (Phi) is 6.44. The first-order chi connectivity index (χ1) is 14.1. The zero-order valence-electron chi connectivity index (χ0n) is 16.9. The summed E-state index contributed by atoms with van der Waals surface area (Å²) in [5, 5.41) is 13.8. The molecule has 2 aromatic rings. The number of morpholine rings is 1. The molecule has 0 unspecified atom stereocenters. The number of rotatable bonds is 6. The first-order valence-corrected chi connectivity index (χ1v) is 10.4. The van der Waals surface area contributed by atoms with Crippen LogP contribution in [0.5, 0.6) is 0 Å². The number of carbonyl (C=O) groups excluding carboxylic acids is 1. The summed E-state index contributed by atoms with van der Waals surface area (Å²) in [5.74, 6) is 0.583. The van der Waals surface area contributed by atoms with E-state index in [1.165, 1.54) is 0 Å². The van der Waals surface area contributed by atoms with Crippen molar-refractivity contribution < 1.29 is 19.4 Å². The Balaban J connectivity index is 1.27. The molecule has 2 fully saturated rings. The van der Waals surface area contributed by atoms with E-state index in [1.54, 1.807) is 0 Å². The van der Waals surface area contributed by atoms with Gasteiger partial charge in [-0.3, -0.25) is 9.69 Å². The van der Waals surface area contributed by atoms with Crippen LogP contribution in [0.15, 0.2) is 24.3 Å². The van der Waals surface area contributed by atoms with E-state index in [1.807, 2.05) is 35.9 Å². The molecule has 1 saturated carbocycles. The molecule has 3 atom stereocenters. The first kappa shape index (κ1) is 20.3. The Labute approximate surface area is 170 Å². The predicted octanol–water partition coefficient (Wildman–Crippen LogP) is 0.820. The van der Waals surface area contributed by atoms with Crippen LogP contribution in [-0.2, 0) is 27.9 Å². The van der Waals surface area contributed by atoms with Crippen LogP contribution < -0.4 is 5.32 Å². The molecule has 0 bridgehead atoms. The predicted molar refractivity (Wildman–Crippen MR) is 108 cm³/mol. The van der Waals surface area contributed by atoms with Gasteiger partial charge >= 0.3 is 0 Å². The van der Waals surface area contributed by atoms with Gasteiger partial charge in [0, 0.05) is 26.2 Å². The van der Waals surface area contributed by atoms with Gasteiger partial charge in [0.2, 0.25) is 5.91 Å². The van der Waals surface area contributed by atoms with Gasteiger partial charge in [-0.15, -0.1) is 0 Å². The molecule has 29 heavy (non-hydrogen) atoms. The monoisotopic (exact) mass is 402 g/mol. The molecule has 2 aliphatic rings. The lowest BCUT2D eigenvalue weighted by Crippen LogP contribution is -2.58. The summed E-state index contributed by atoms with van der Waals surface area (Å²) < 4.78 is 13.0. The van der Waals surface area contributed by atoms with E-state index in [0.717, 1.165) is 49.2 Å². The number of carbonyl (C=O) groups is 1. The van der Waals surface area contributed by atoms with Gasteiger partial charge in [-0.1, -0.05) is 12.1 Å². The molecule has 0 radical (unpaired) electrons. The van der Waals surface area contributed by atoms with Crippen molar-refractivity contribution in [1.82, 2.24) is 19.8 Å². The molecule has 1 aromatic heterocycles. The molecule has 1 aromatic carbocycles. The van der Waals surface area contributed by atoms with Gasteiger partial charge in [0.1, 0.15) is 19.0 Å². The van der Waals surface area contributed by atoms with Crippen LogP contribution in [0.3, 0.4) is 0 Å². The average molecular weight is 402 g/mol. The molecule has 1 aliphatic carbocycles. The number of amides is 1. The maximum absolute atomic E-state index is 12.4. The second kappa shape index (κ2) is 9.21. The van der Waals surface area contributed by atoms with Crippen molar-refractivity contribution in [1.29, 1.82) is 0 Å².